The SMILES string of the molecule is N#Cc1nnc(CNC(=O)Cc2nc3ccc(-c4ccccc4)cc3s2)o1. The van der Waals surface area contributed by atoms with Crippen molar-refractivity contribution in [2.24, 2.45) is 0 Å². The summed E-state index contributed by atoms with van der Waals surface area (Å²) in [5.74, 6) is -0.134. The number of nitrogens with zero attached hydrogens (tertiary/aromatic N) is 4. The molecule has 2 aromatic heterocycles. The van der Waals surface area contributed by atoms with Crippen LogP contribution in [-0.2, 0) is 17.8 Å². The van der Waals surface area contributed by atoms with Crippen molar-refractivity contribution in [1.82, 2.24) is 20.5 Å². The Bertz CT molecular complexity index is 1140. The molecule has 2 aromatic carbocycles. The smallest absolute Gasteiger partial charge is 0.321 e. The first-order valence-corrected chi connectivity index (χ1v) is 8.97. The lowest BCUT2D eigenvalue weighted by Gasteiger charge is -2.00. The summed E-state index contributed by atoms with van der Waals surface area (Å²) in [6, 6.07) is 18.0. The zero-order chi connectivity index (χ0) is 18.6. The van der Waals surface area contributed by atoms with Crippen LogP contribution in [0.3, 0.4) is 0 Å². The summed E-state index contributed by atoms with van der Waals surface area (Å²) in [5.41, 5.74) is 3.13. The number of amides is 1. The molecular weight excluding hydrogens is 362 g/mol. The molecule has 0 saturated carbocycles. The van der Waals surface area contributed by atoms with E-state index in [1.807, 2.05) is 30.3 Å². The summed E-state index contributed by atoms with van der Waals surface area (Å²) in [6.45, 7) is 0.0799. The highest BCUT2D eigenvalue weighted by molar-refractivity contribution is 7.18. The summed E-state index contributed by atoms with van der Waals surface area (Å²) in [7, 11) is 0. The Morgan fingerprint density at radius 3 is 2.78 bits per heavy atom. The van der Waals surface area contributed by atoms with Gasteiger partial charge in [0.15, 0.2) is 6.07 Å². The molecule has 27 heavy (non-hydrogen) atoms. The van der Waals surface area contributed by atoms with E-state index in [4.69, 9.17) is 9.68 Å². The molecule has 0 fully saturated rings. The fourth-order valence-electron chi connectivity index (χ4n) is 2.60. The van der Waals surface area contributed by atoms with E-state index in [2.05, 4.69) is 38.7 Å². The number of carbonyl (C=O) groups is 1. The molecule has 0 aliphatic rings. The quantitative estimate of drug-likeness (QED) is 0.575. The van der Waals surface area contributed by atoms with Gasteiger partial charge in [-0.25, -0.2) is 4.98 Å². The predicted molar refractivity (Wildman–Crippen MR) is 99.6 cm³/mol. The Kier molecular flexibility index (Phi) is 4.60. The number of hydrogen-bond donors (Lipinski definition) is 1. The van der Waals surface area contributed by atoms with E-state index >= 15 is 0 Å². The van der Waals surface area contributed by atoms with Crippen LogP contribution in [-0.4, -0.2) is 21.1 Å². The molecule has 7 nitrogen and oxygen atoms in total. The van der Waals surface area contributed by atoms with Gasteiger partial charge in [0.25, 0.3) is 0 Å². The Morgan fingerprint density at radius 2 is 2.00 bits per heavy atom. The number of nitriles is 1. The summed E-state index contributed by atoms with van der Waals surface area (Å²) in [4.78, 5) is 16.7. The highest BCUT2D eigenvalue weighted by Gasteiger charge is 2.12. The molecule has 0 atom stereocenters. The lowest BCUT2D eigenvalue weighted by atomic mass is 10.1. The van der Waals surface area contributed by atoms with Crippen LogP contribution >= 0.6 is 11.3 Å². The van der Waals surface area contributed by atoms with Gasteiger partial charge in [0.05, 0.1) is 23.2 Å². The minimum absolute atomic E-state index is 0.0799. The van der Waals surface area contributed by atoms with Gasteiger partial charge in [-0.15, -0.1) is 16.4 Å². The molecule has 2 heterocycles. The van der Waals surface area contributed by atoms with Gasteiger partial charge in [-0.1, -0.05) is 41.5 Å². The third-order valence-electron chi connectivity index (χ3n) is 3.85. The third-order valence-corrected chi connectivity index (χ3v) is 4.87. The van der Waals surface area contributed by atoms with Gasteiger partial charge in [0.2, 0.25) is 11.8 Å². The molecule has 0 saturated heterocycles. The molecule has 1 N–H and O–H groups in total. The van der Waals surface area contributed by atoms with Crippen molar-refractivity contribution in [3.63, 3.8) is 0 Å². The standard InChI is InChI=1S/C19H13N5O2S/c20-10-17-23-24-18(26-17)11-21-16(25)9-19-22-14-7-6-13(8-15(14)27-19)12-4-2-1-3-5-12/h1-8H,9,11H2,(H,21,25). The fourth-order valence-corrected chi connectivity index (χ4v) is 3.61. The topological polar surface area (TPSA) is 105 Å². The number of nitrogens with one attached hydrogen (secondary N) is 1. The Morgan fingerprint density at radius 1 is 1.15 bits per heavy atom. The van der Waals surface area contributed by atoms with E-state index < -0.39 is 0 Å². The zero-order valence-electron chi connectivity index (χ0n) is 14.0. The van der Waals surface area contributed by atoms with Crippen LogP contribution in [0, 0.1) is 11.3 Å². The normalized spacial score (nSPS) is 10.6. The predicted octanol–water partition coefficient (Wildman–Crippen LogP) is 3.08. The van der Waals surface area contributed by atoms with Gasteiger partial charge in [-0.2, -0.15) is 5.26 Å². The summed E-state index contributed by atoms with van der Waals surface area (Å²) in [5, 5.41) is 19.3. The van der Waals surface area contributed by atoms with Crippen LogP contribution in [0.25, 0.3) is 21.3 Å². The van der Waals surface area contributed by atoms with Crippen LogP contribution in [0.4, 0.5) is 0 Å². The molecule has 1 amide bonds. The van der Waals surface area contributed by atoms with Crippen molar-refractivity contribution < 1.29 is 9.21 Å². The van der Waals surface area contributed by atoms with Crippen molar-refractivity contribution in [1.29, 1.82) is 5.26 Å². The monoisotopic (exact) mass is 375 g/mol. The number of hydrogen-bond acceptors (Lipinski definition) is 7. The highest BCUT2D eigenvalue weighted by Crippen LogP contribution is 2.28. The molecule has 0 spiro atoms. The second-order valence-corrected chi connectivity index (χ2v) is 6.84. The maximum atomic E-state index is 12.1. The highest BCUT2D eigenvalue weighted by atomic mass is 32.1. The molecule has 8 heteroatoms. The van der Waals surface area contributed by atoms with Crippen molar-refractivity contribution in [3.05, 3.63) is 65.3 Å². The van der Waals surface area contributed by atoms with Gasteiger partial charge >= 0.3 is 5.89 Å². The first kappa shape index (κ1) is 16.9. The summed E-state index contributed by atoms with van der Waals surface area (Å²) >= 11 is 1.50. The number of thiazole rings is 1. The van der Waals surface area contributed by atoms with E-state index in [9.17, 15) is 4.79 Å². The molecular formula is C19H13N5O2S. The zero-order valence-corrected chi connectivity index (χ0v) is 14.9. The van der Waals surface area contributed by atoms with Crippen LogP contribution in [0.15, 0.2) is 52.9 Å². The van der Waals surface area contributed by atoms with E-state index in [1.165, 1.54) is 11.3 Å². The second kappa shape index (κ2) is 7.35. The van der Waals surface area contributed by atoms with Crippen molar-refractivity contribution >= 4 is 27.5 Å². The molecule has 0 unspecified atom stereocenters. The number of carbonyl (C=O) groups excluding carboxylic acids is 1. The van der Waals surface area contributed by atoms with E-state index in [0.29, 0.717) is 0 Å². The average molecular weight is 375 g/mol. The molecule has 0 aliphatic heterocycles. The van der Waals surface area contributed by atoms with Crippen molar-refractivity contribution in [3.8, 4) is 17.2 Å². The van der Waals surface area contributed by atoms with Gasteiger partial charge in [-0.05, 0) is 23.3 Å². The molecule has 132 valence electrons. The Balaban J connectivity index is 1.44. The molecule has 4 aromatic rings. The van der Waals surface area contributed by atoms with E-state index in [0.717, 1.165) is 26.4 Å². The minimum Gasteiger partial charge on any atom is -0.411 e. The number of aromatic nitrogens is 3. The number of benzene rings is 2. The largest absolute Gasteiger partial charge is 0.411 e. The summed E-state index contributed by atoms with van der Waals surface area (Å²) in [6.07, 6.45) is 0.166. The summed E-state index contributed by atoms with van der Waals surface area (Å²) < 4.78 is 6.06. The van der Waals surface area contributed by atoms with Crippen LogP contribution in [0.2, 0.25) is 0 Å². The van der Waals surface area contributed by atoms with Crippen molar-refractivity contribution in [2.75, 3.05) is 0 Å². The van der Waals surface area contributed by atoms with Crippen LogP contribution < -0.4 is 5.32 Å². The maximum Gasteiger partial charge on any atom is 0.321 e. The van der Waals surface area contributed by atoms with Crippen LogP contribution in [0.1, 0.15) is 16.8 Å². The van der Waals surface area contributed by atoms with Crippen molar-refractivity contribution in [2.45, 2.75) is 13.0 Å². The second-order valence-electron chi connectivity index (χ2n) is 5.72. The molecule has 0 aliphatic carbocycles. The Labute approximate surface area is 158 Å². The average Bonchev–Trinajstić information content (AvgIpc) is 3.32. The molecule has 0 bridgehead atoms. The molecule has 0 radical (unpaired) electrons. The third kappa shape index (κ3) is 3.83. The number of rotatable bonds is 5. The van der Waals surface area contributed by atoms with Gasteiger partial charge in [-0.3, -0.25) is 4.79 Å². The fraction of sp³-hybridized carbons (Fsp3) is 0.105. The minimum atomic E-state index is -0.200. The van der Waals surface area contributed by atoms with Gasteiger partial charge < -0.3 is 9.73 Å². The Hall–Kier alpha value is -3.57. The van der Waals surface area contributed by atoms with Crippen LogP contribution in [0.5, 0.6) is 0 Å². The lowest BCUT2D eigenvalue weighted by Crippen LogP contribution is -2.24. The van der Waals surface area contributed by atoms with Gasteiger partial charge in [0.1, 0.15) is 5.01 Å². The maximum absolute atomic E-state index is 12.1. The first-order chi connectivity index (χ1) is 13.2. The number of fused-ring (bicyclic) bond motifs is 1. The molecule has 4 rings (SSSR count). The van der Waals surface area contributed by atoms with E-state index in [-0.39, 0.29) is 30.7 Å². The lowest BCUT2D eigenvalue weighted by molar-refractivity contribution is -0.120. The van der Waals surface area contributed by atoms with E-state index in [1.54, 1.807) is 6.07 Å². The van der Waals surface area contributed by atoms with Gasteiger partial charge in [0, 0.05) is 0 Å². The first-order valence-electron chi connectivity index (χ1n) is 8.15.